The molecule has 1 aliphatic carbocycles. The lowest BCUT2D eigenvalue weighted by atomic mass is 9.90. The van der Waals surface area contributed by atoms with Crippen LogP contribution in [0.3, 0.4) is 0 Å². The molecule has 2 saturated heterocycles. The number of rotatable bonds is 34. The van der Waals surface area contributed by atoms with Crippen LogP contribution in [0.1, 0.15) is 156 Å². The number of hydrogen-bond donors (Lipinski definition) is 9. The number of carboxylic acid groups (broad SMARTS) is 1. The summed E-state index contributed by atoms with van der Waals surface area (Å²) in [6.45, 7) is -0.577. The van der Waals surface area contributed by atoms with Gasteiger partial charge in [0.25, 0.3) is 0 Å². The number of benzene rings is 5. The first-order valence-electron chi connectivity index (χ1n) is 31.8. The third-order valence-corrected chi connectivity index (χ3v) is 16.8. The van der Waals surface area contributed by atoms with E-state index in [2.05, 4.69) is 15.5 Å². The van der Waals surface area contributed by atoms with Crippen LogP contribution in [-0.4, -0.2) is 145 Å². The number of carboxylic acids is 1. The predicted octanol–water partition coefficient (Wildman–Crippen LogP) is 10.9. The van der Waals surface area contributed by atoms with Crippen LogP contribution < -0.4 is 15.6 Å². The van der Waals surface area contributed by atoms with Crippen molar-refractivity contribution in [3.8, 4) is 28.2 Å². The van der Waals surface area contributed by atoms with Gasteiger partial charge in [-0.05, 0) is 123 Å². The molecule has 0 radical (unpaired) electrons. The summed E-state index contributed by atoms with van der Waals surface area (Å²) in [5, 5.41) is 97.5. The van der Waals surface area contributed by atoms with Crippen LogP contribution >= 0.6 is 12.2 Å². The number of aliphatic hydroxyl groups is 6. The lowest BCUT2D eigenvalue weighted by molar-refractivity contribution is -0.493. The van der Waals surface area contributed by atoms with Gasteiger partial charge >= 0.3 is 23.9 Å². The number of ether oxygens (including phenoxy) is 5. The molecule has 9 N–H and O–H groups in total. The highest BCUT2D eigenvalue weighted by Gasteiger charge is 2.56. The third kappa shape index (κ3) is 20.4. The number of nitrogens with zero attached hydrogens (tertiary/aromatic N) is 3. The Morgan fingerprint density at radius 2 is 1.25 bits per heavy atom. The molecule has 3 aliphatic heterocycles. The maximum Gasteiger partial charge on any atom is 0.336 e. The first-order valence-corrected chi connectivity index (χ1v) is 32.3. The number of fused-ring (bicyclic) bond motifs is 2. The molecule has 4 aliphatic rings. The van der Waals surface area contributed by atoms with Gasteiger partial charge in [0.15, 0.2) is 23.6 Å². The molecule has 0 spiro atoms. The van der Waals surface area contributed by atoms with Crippen LogP contribution in [-0.2, 0) is 33.3 Å². The summed E-state index contributed by atoms with van der Waals surface area (Å²) < 4.78 is 33.0. The first-order chi connectivity index (χ1) is 44.7. The topological polar surface area (TPSA) is 346 Å². The minimum Gasteiger partial charge on any atom is -0.508 e. The Hall–Kier alpha value is -7.62. The van der Waals surface area contributed by atoms with E-state index in [0.29, 0.717) is 69.7 Å². The number of carbonyl (C=O) groups is 4. The predicted molar refractivity (Wildman–Crippen MR) is 349 cm³/mol. The second-order valence-corrected chi connectivity index (χ2v) is 24.4. The number of hydrogen-bond acceptors (Lipinski definition) is 22. The maximum atomic E-state index is 12.8. The van der Waals surface area contributed by atoms with Crippen molar-refractivity contribution >= 4 is 74.6 Å². The van der Waals surface area contributed by atoms with Crippen molar-refractivity contribution in [2.45, 2.75) is 190 Å². The van der Waals surface area contributed by atoms with Crippen molar-refractivity contribution in [2.24, 2.45) is 10.2 Å². The fourth-order valence-electron chi connectivity index (χ4n) is 11.2. The summed E-state index contributed by atoms with van der Waals surface area (Å²) in [6, 6.07) is 28.6. The van der Waals surface area contributed by atoms with Crippen molar-refractivity contribution in [3.63, 3.8) is 0 Å². The molecule has 2 fully saturated rings. The van der Waals surface area contributed by atoms with Gasteiger partial charge < -0.3 is 69.7 Å². The van der Waals surface area contributed by atoms with E-state index < -0.39 is 86.1 Å². The van der Waals surface area contributed by atoms with Crippen molar-refractivity contribution in [1.82, 2.24) is 0 Å². The van der Waals surface area contributed by atoms with Crippen molar-refractivity contribution in [1.29, 1.82) is 0 Å². The number of aliphatic hydroxyl groups excluding tert-OH is 5. The zero-order chi connectivity index (χ0) is 66.6. The summed E-state index contributed by atoms with van der Waals surface area (Å²) in [6.07, 6.45) is -0.764. The molecule has 0 bridgehead atoms. The molecule has 0 amide bonds. The number of aromatic hydroxyl groups is 1. The Morgan fingerprint density at radius 3 is 1.87 bits per heavy atom. The van der Waals surface area contributed by atoms with Gasteiger partial charge in [0.05, 0.1) is 28.0 Å². The van der Waals surface area contributed by atoms with Gasteiger partial charge in [-0.1, -0.05) is 95.3 Å². The molecule has 93 heavy (non-hydrogen) atoms. The summed E-state index contributed by atoms with van der Waals surface area (Å²) in [5.41, 5.74) is 5.08. The fraction of sp³-hybridized carbons (Fsp3) is 0.478. The van der Waals surface area contributed by atoms with E-state index in [1.165, 1.54) is 30.3 Å². The fourth-order valence-corrected chi connectivity index (χ4v) is 11.5. The minimum atomic E-state index is -3.13. The summed E-state index contributed by atoms with van der Waals surface area (Å²) in [4.78, 5) is 65.7. The van der Waals surface area contributed by atoms with E-state index in [9.17, 15) is 64.8 Å². The molecule has 4 aromatic rings. The van der Waals surface area contributed by atoms with E-state index >= 15 is 0 Å². The second kappa shape index (κ2) is 34.5. The van der Waals surface area contributed by atoms with Crippen molar-refractivity contribution in [3.05, 3.63) is 124 Å². The molecule has 0 aromatic heterocycles. The van der Waals surface area contributed by atoms with Gasteiger partial charge in [0.2, 0.25) is 6.29 Å². The highest BCUT2D eigenvalue weighted by atomic mass is 32.1. The van der Waals surface area contributed by atoms with Gasteiger partial charge in [-0.15, -0.1) is 0 Å². The molecule has 23 nitrogen and oxygen atoms in total. The second-order valence-electron chi connectivity index (χ2n) is 23.9. The van der Waals surface area contributed by atoms with Crippen LogP contribution in [0, 0.1) is 0 Å². The highest BCUT2D eigenvalue weighted by molar-refractivity contribution is 7.80. The lowest BCUT2D eigenvalue weighted by Crippen LogP contribution is -2.66. The molecule has 4 unspecified atom stereocenters. The van der Waals surface area contributed by atoms with Crippen LogP contribution in [0.5, 0.6) is 5.75 Å². The standard InChI is InChI=1S/C69H84N4O19S/c1-73(2)46-30-27-44(28-31-46)72-71-43-25-23-42(24-26-43)53(76)19-15-11-7-3-5-10-14-18-22-60(79)90-61-40-54(77)66(83)69(86,91-61)92-68-65(82)64(81)63(80)57(89-68)41-87-59(78)21-17-13-9-6-4-8-12-16-20-58(93)70-45-29-34-49(52(37-45)67(84)85)62-50-35-32-47(74)38-55(50)88-56-39-48(75)33-36-51(56)62/h23-39,54,57,61,63-66,68,74,77,80-83,86H,3-22,40-41H2,1-2H3,(H,70,93)(H,84,85)/t54?,57?,61?,63-,64+,65?,66-,68-,69+/m1/s1. The Morgan fingerprint density at radius 1 is 0.667 bits per heavy atom. The average Bonchev–Trinajstić information content (AvgIpc) is 0.909. The van der Waals surface area contributed by atoms with Crippen LogP contribution in [0.2, 0.25) is 0 Å². The third-order valence-electron chi connectivity index (χ3n) is 16.5. The number of Topliss-reactive ketones (excluding diaryl/α,β-unsaturated/α-hetero) is 1. The van der Waals surface area contributed by atoms with Gasteiger partial charge in [0.1, 0.15) is 48.1 Å². The van der Waals surface area contributed by atoms with E-state index in [1.807, 2.05) is 43.3 Å². The lowest BCUT2D eigenvalue weighted by Gasteiger charge is -2.46. The molecular weight excluding hydrogens is 1220 g/mol. The molecule has 9 atom stereocenters. The van der Waals surface area contributed by atoms with Crippen LogP contribution in [0.25, 0.3) is 33.4 Å². The number of phenolic OH excluding ortho intramolecular Hbond substituents is 1. The number of unbranched alkanes of at least 4 members (excludes halogenated alkanes) is 14. The zero-order valence-corrected chi connectivity index (χ0v) is 53.1. The van der Waals surface area contributed by atoms with Crippen molar-refractivity contribution in [2.75, 3.05) is 30.9 Å². The number of aromatic carboxylic acids is 1. The Bertz CT molecular complexity index is 3530. The minimum absolute atomic E-state index is 0.00202. The Labute approximate surface area is 544 Å². The number of azo groups is 1. The number of ketones is 1. The summed E-state index contributed by atoms with van der Waals surface area (Å²) >= 11 is 5.61. The number of esters is 2. The molecule has 3 heterocycles. The molecule has 8 rings (SSSR count). The summed E-state index contributed by atoms with van der Waals surface area (Å²) in [5.74, 6) is -5.33. The largest absolute Gasteiger partial charge is 0.508 e. The van der Waals surface area contributed by atoms with E-state index in [1.54, 1.807) is 48.5 Å². The van der Waals surface area contributed by atoms with Gasteiger partial charge in [0, 0.05) is 85.4 Å². The number of anilines is 2. The Balaban J connectivity index is 0.655. The summed E-state index contributed by atoms with van der Waals surface area (Å²) in [7, 11) is 3.94. The zero-order valence-electron chi connectivity index (χ0n) is 52.3. The molecule has 0 saturated carbocycles. The molecule has 500 valence electrons. The normalized spacial score (nSPS) is 21.4. The van der Waals surface area contributed by atoms with E-state index in [-0.39, 0.29) is 46.7 Å². The smallest absolute Gasteiger partial charge is 0.336 e. The molecule has 24 heteroatoms. The number of phenols is 1. The van der Waals surface area contributed by atoms with Gasteiger partial charge in [-0.2, -0.15) is 10.2 Å². The average molecular weight is 1310 g/mol. The van der Waals surface area contributed by atoms with Gasteiger partial charge in [-0.25, -0.2) is 4.79 Å². The quantitative estimate of drug-likeness (QED) is 0.00345. The highest BCUT2D eigenvalue weighted by Crippen LogP contribution is 2.43. The first kappa shape index (κ1) is 71.2. The van der Waals surface area contributed by atoms with Gasteiger partial charge in [-0.3, -0.25) is 28.7 Å². The van der Waals surface area contributed by atoms with E-state index in [0.717, 1.165) is 101 Å². The number of thiocarbonyl (C=S) groups is 1. The SMILES string of the molecule is CN(C)c1ccc(N=Nc2ccc(C(=O)CCCCCCCCCCC(=O)OC3CC(O)[C@@H](O)[C@@](O)(O[C@H]4OC(COC(=O)CCCCCCCCCCC(=S)Nc5ccc(-c6c7ccc(=O)cc-7oc7cc(O)ccc67)c(C(=O)O)c5)[C@@H](O)[C@H](O)C4O)O3)cc2)cc1. The Kier molecular flexibility index (Phi) is 26.4. The number of carbonyl (C=O) groups excluding carboxylic acids is 3. The number of nitrogens with one attached hydrogen (secondary N) is 1. The van der Waals surface area contributed by atoms with E-state index in [4.69, 9.17) is 40.3 Å². The molecule has 4 aromatic carbocycles. The van der Waals surface area contributed by atoms with Crippen LogP contribution in [0.15, 0.2) is 123 Å². The van der Waals surface area contributed by atoms with Crippen LogP contribution in [0.4, 0.5) is 22.7 Å². The van der Waals surface area contributed by atoms with Crippen molar-refractivity contribution < 1.29 is 88.1 Å². The monoisotopic (exact) mass is 1300 g/mol. The molecular formula is C69H84N4O19S. The maximum absolute atomic E-state index is 12.8.